The Morgan fingerprint density at radius 2 is 1.33 bits per heavy atom. The minimum atomic E-state index is 0.797. The van der Waals surface area contributed by atoms with Crippen LogP contribution in [0.1, 0.15) is 59.9 Å². The van der Waals surface area contributed by atoms with Gasteiger partial charge in [0.05, 0.1) is 23.8 Å². The molecule has 2 rings (SSSR count). The molecule has 0 aromatic carbocycles. The molecule has 2 heterocycles. The Labute approximate surface area is 130 Å². The highest BCUT2D eigenvalue weighted by Crippen LogP contribution is 2.03. The largest absolute Gasteiger partial charge is 0.289 e. The molecule has 2 aromatic rings. The summed E-state index contributed by atoms with van der Waals surface area (Å²) in [5.74, 6) is 1.63. The molecule has 4 nitrogen and oxygen atoms in total. The molecule has 0 N–H and O–H groups in total. The van der Waals surface area contributed by atoms with Crippen LogP contribution in [-0.2, 0) is 0 Å². The number of imidazole rings is 1. The first-order chi connectivity index (χ1) is 9.99. The maximum Gasteiger partial charge on any atom is 0.156 e. The molecule has 120 valence electrons. The van der Waals surface area contributed by atoms with Gasteiger partial charge < -0.3 is 0 Å². The van der Waals surface area contributed by atoms with Crippen molar-refractivity contribution in [3.63, 3.8) is 0 Å². The van der Waals surface area contributed by atoms with E-state index in [-0.39, 0.29) is 0 Å². The predicted molar refractivity (Wildman–Crippen MR) is 91.8 cm³/mol. The number of aryl methyl sites for hydroxylation is 2. The van der Waals surface area contributed by atoms with Gasteiger partial charge in [0.2, 0.25) is 0 Å². The van der Waals surface area contributed by atoms with E-state index in [2.05, 4.69) is 35.7 Å². The second-order valence-corrected chi connectivity index (χ2v) is 4.67. The van der Waals surface area contributed by atoms with Gasteiger partial charge in [-0.05, 0) is 19.8 Å². The molecule has 0 fully saturated rings. The van der Waals surface area contributed by atoms with Crippen molar-refractivity contribution in [2.45, 2.75) is 62.3 Å². The SMILES string of the molecule is CC.CC.CC(C)C.Cc1cnc(-n2cnc(C)c2)cn1. The Balaban J connectivity index is 0. The molecule has 0 saturated heterocycles. The molecule has 0 saturated carbocycles. The number of rotatable bonds is 1. The lowest BCUT2D eigenvalue weighted by molar-refractivity contribution is 0.737. The standard InChI is InChI=1S/C9H10N4.C4H10.2C2H6/c1-7-3-11-9(4-10-7)13-5-8(2)12-6-13;1-4(2)3;2*1-2/h3-6H,1-2H3;4H,1-3H3;2*1-2H3. The molecule has 21 heavy (non-hydrogen) atoms. The lowest BCUT2D eigenvalue weighted by atomic mass is 10.3. The second-order valence-electron chi connectivity index (χ2n) is 4.67. The van der Waals surface area contributed by atoms with Crippen LogP contribution in [0.5, 0.6) is 0 Å². The van der Waals surface area contributed by atoms with Crippen LogP contribution >= 0.6 is 0 Å². The molecule has 0 amide bonds. The minimum Gasteiger partial charge on any atom is -0.289 e. The second kappa shape index (κ2) is 13.3. The van der Waals surface area contributed by atoms with E-state index in [0.717, 1.165) is 23.1 Å². The molecule has 0 spiro atoms. The third-order valence-corrected chi connectivity index (χ3v) is 1.74. The first kappa shape index (κ1) is 21.6. The molecular weight excluding hydrogens is 260 g/mol. The van der Waals surface area contributed by atoms with Gasteiger partial charge in [-0.3, -0.25) is 9.55 Å². The summed E-state index contributed by atoms with van der Waals surface area (Å²) in [5.41, 5.74) is 1.89. The normalized spacial score (nSPS) is 8.67. The molecule has 4 heteroatoms. The van der Waals surface area contributed by atoms with Gasteiger partial charge in [-0.15, -0.1) is 0 Å². The van der Waals surface area contributed by atoms with Crippen molar-refractivity contribution in [1.82, 2.24) is 19.5 Å². The van der Waals surface area contributed by atoms with E-state index >= 15 is 0 Å². The van der Waals surface area contributed by atoms with Crippen LogP contribution < -0.4 is 0 Å². The monoisotopic (exact) mass is 292 g/mol. The molecule has 0 unspecified atom stereocenters. The molecule has 0 aliphatic heterocycles. The zero-order valence-corrected chi connectivity index (χ0v) is 15.2. The van der Waals surface area contributed by atoms with E-state index in [1.165, 1.54) is 0 Å². The average molecular weight is 292 g/mol. The quantitative estimate of drug-likeness (QED) is 0.743. The van der Waals surface area contributed by atoms with Crippen molar-refractivity contribution in [2.24, 2.45) is 5.92 Å². The van der Waals surface area contributed by atoms with Crippen LogP contribution in [0.4, 0.5) is 0 Å². The highest BCUT2D eigenvalue weighted by molar-refractivity contribution is 5.19. The van der Waals surface area contributed by atoms with E-state index in [1.807, 2.05) is 52.3 Å². The fourth-order valence-electron chi connectivity index (χ4n) is 1.07. The van der Waals surface area contributed by atoms with Crippen molar-refractivity contribution in [2.75, 3.05) is 0 Å². The van der Waals surface area contributed by atoms with Crippen LogP contribution in [0, 0.1) is 19.8 Å². The lowest BCUT2D eigenvalue weighted by Gasteiger charge is -1.98. The molecule has 0 aliphatic carbocycles. The number of hydrogen-bond donors (Lipinski definition) is 0. The number of hydrogen-bond acceptors (Lipinski definition) is 3. The minimum absolute atomic E-state index is 0.797. The number of nitrogens with zero attached hydrogens (tertiary/aromatic N) is 4. The fourth-order valence-corrected chi connectivity index (χ4v) is 1.07. The van der Waals surface area contributed by atoms with Crippen LogP contribution in [0.25, 0.3) is 5.82 Å². The van der Waals surface area contributed by atoms with Gasteiger partial charge >= 0.3 is 0 Å². The Morgan fingerprint density at radius 3 is 1.67 bits per heavy atom. The fraction of sp³-hybridized carbons (Fsp3) is 0.588. The maximum absolute atomic E-state index is 4.22. The van der Waals surface area contributed by atoms with Crippen molar-refractivity contribution in [3.05, 3.63) is 36.3 Å². The topological polar surface area (TPSA) is 43.6 Å². The Hall–Kier alpha value is -1.71. The van der Waals surface area contributed by atoms with E-state index in [1.54, 1.807) is 18.7 Å². The van der Waals surface area contributed by atoms with Crippen molar-refractivity contribution in [3.8, 4) is 5.82 Å². The smallest absolute Gasteiger partial charge is 0.156 e. The van der Waals surface area contributed by atoms with Crippen LogP contribution in [0.2, 0.25) is 0 Å². The maximum atomic E-state index is 4.22. The van der Waals surface area contributed by atoms with E-state index in [9.17, 15) is 0 Å². The van der Waals surface area contributed by atoms with Gasteiger partial charge in [0.15, 0.2) is 5.82 Å². The van der Waals surface area contributed by atoms with Gasteiger partial charge in [-0.2, -0.15) is 0 Å². The van der Waals surface area contributed by atoms with Crippen molar-refractivity contribution >= 4 is 0 Å². The van der Waals surface area contributed by atoms with E-state index in [0.29, 0.717) is 0 Å². The summed E-state index contributed by atoms with van der Waals surface area (Å²) in [4.78, 5) is 12.5. The van der Waals surface area contributed by atoms with Gasteiger partial charge in [-0.1, -0.05) is 48.5 Å². The molecular formula is C17H32N4. The molecule has 2 aromatic heterocycles. The van der Waals surface area contributed by atoms with Crippen LogP contribution in [0.3, 0.4) is 0 Å². The predicted octanol–water partition coefficient (Wildman–Crippen LogP) is 4.99. The summed E-state index contributed by atoms with van der Waals surface area (Å²) in [6.07, 6.45) is 7.12. The Bertz CT molecular complexity index is 441. The van der Waals surface area contributed by atoms with E-state index in [4.69, 9.17) is 0 Å². The van der Waals surface area contributed by atoms with Crippen molar-refractivity contribution < 1.29 is 0 Å². The summed E-state index contributed by atoms with van der Waals surface area (Å²) in [7, 11) is 0. The summed E-state index contributed by atoms with van der Waals surface area (Å²) in [5, 5.41) is 0. The molecule has 0 radical (unpaired) electrons. The highest BCUT2D eigenvalue weighted by Gasteiger charge is 1.98. The lowest BCUT2D eigenvalue weighted by Crippen LogP contribution is -1.95. The van der Waals surface area contributed by atoms with Gasteiger partial charge in [-0.25, -0.2) is 9.97 Å². The van der Waals surface area contributed by atoms with Crippen molar-refractivity contribution in [1.29, 1.82) is 0 Å². The van der Waals surface area contributed by atoms with Crippen LogP contribution in [0.15, 0.2) is 24.9 Å². The first-order valence-electron chi connectivity index (χ1n) is 7.78. The first-order valence-corrected chi connectivity index (χ1v) is 7.78. The summed E-state index contributed by atoms with van der Waals surface area (Å²) in [6, 6.07) is 0. The van der Waals surface area contributed by atoms with E-state index < -0.39 is 0 Å². The summed E-state index contributed by atoms with van der Waals surface area (Å²) >= 11 is 0. The van der Waals surface area contributed by atoms with Gasteiger partial charge in [0, 0.05) is 6.20 Å². The molecule has 0 atom stereocenters. The number of aromatic nitrogens is 4. The third kappa shape index (κ3) is 10.7. The van der Waals surface area contributed by atoms with Crippen LogP contribution in [-0.4, -0.2) is 19.5 Å². The van der Waals surface area contributed by atoms with Gasteiger partial charge in [0.25, 0.3) is 0 Å². The Morgan fingerprint density at radius 1 is 0.810 bits per heavy atom. The van der Waals surface area contributed by atoms with Gasteiger partial charge in [0.1, 0.15) is 6.33 Å². The molecule has 0 aliphatic rings. The Kier molecular flexibility index (Phi) is 13.7. The third-order valence-electron chi connectivity index (χ3n) is 1.74. The zero-order valence-electron chi connectivity index (χ0n) is 15.2. The average Bonchev–Trinajstić information content (AvgIpc) is 2.90. The summed E-state index contributed by atoms with van der Waals surface area (Å²) < 4.78 is 1.85. The molecule has 0 bridgehead atoms. The zero-order chi connectivity index (χ0) is 16.8. The summed E-state index contributed by atoms with van der Waals surface area (Å²) in [6.45, 7) is 18.4. The highest BCUT2D eigenvalue weighted by atomic mass is 15.1.